The average Bonchev–Trinajstić information content (AvgIpc) is 3.02. The summed E-state index contributed by atoms with van der Waals surface area (Å²) in [5.74, 6) is 0.146. The summed E-state index contributed by atoms with van der Waals surface area (Å²) in [5, 5.41) is 13.8. The number of rotatable bonds is 4. The van der Waals surface area contributed by atoms with Gasteiger partial charge in [-0.25, -0.2) is 9.37 Å². The number of β-amino-alcohol motifs (C(OH)–C–C–N with tert-alkyl or cyclic N) is 1. The van der Waals surface area contributed by atoms with Crippen molar-refractivity contribution in [1.29, 1.82) is 0 Å². The molecule has 3 rings (SSSR count). The van der Waals surface area contributed by atoms with Gasteiger partial charge in [-0.15, -0.1) is 11.3 Å². The van der Waals surface area contributed by atoms with Gasteiger partial charge in [-0.05, 0) is 38.1 Å². The normalized spacial score (nSPS) is 18.5. The number of aromatic nitrogens is 1. The Kier molecular flexibility index (Phi) is 5.08. The SMILES string of the molecule is OC(CN1CCC(c2nccs2)CC1)c1ccc(F)cc1Cl. The molecule has 0 aliphatic carbocycles. The summed E-state index contributed by atoms with van der Waals surface area (Å²) < 4.78 is 13.1. The van der Waals surface area contributed by atoms with Gasteiger partial charge in [-0.1, -0.05) is 17.7 Å². The fourth-order valence-corrected chi connectivity index (χ4v) is 4.02. The van der Waals surface area contributed by atoms with Crippen molar-refractivity contribution in [2.24, 2.45) is 0 Å². The van der Waals surface area contributed by atoms with Crippen molar-refractivity contribution in [3.05, 3.63) is 51.2 Å². The van der Waals surface area contributed by atoms with Crippen molar-refractivity contribution in [1.82, 2.24) is 9.88 Å². The van der Waals surface area contributed by atoms with Crippen molar-refractivity contribution < 1.29 is 9.50 Å². The summed E-state index contributed by atoms with van der Waals surface area (Å²) in [5.41, 5.74) is 0.588. The van der Waals surface area contributed by atoms with Gasteiger partial charge in [0.25, 0.3) is 0 Å². The van der Waals surface area contributed by atoms with Gasteiger partial charge < -0.3 is 10.0 Å². The number of halogens is 2. The van der Waals surface area contributed by atoms with Crippen LogP contribution in [-0.2, 0) is 0 Å². The van der Waals surface area contributed by atoms with Crippen LogP contribution in [0.1, 0.15) is 35.4 Å². The third-order valence-corrected chi connectivity index (χ3v) is 5.41. The number of hydrogen-bond donors (Lipinski definition) is 1. The Hall–Kier alpha value is -1.01. The molecular formula is C16H18ClFN2OS. The summed E-state index contributed by atoms with van der Waals surface area (Å²) in [6.07, 6.45) is 3.27. The van der Waals surface area contributed by atoms with Gasteiger partial charge in [0.1, 0.15) is 5.82 Å². The lowest BCUT2D eigenvalue weighted by molar-refractivity contribution is 0.0972. The number of piperidine rings is 1. The standard InChI is InChI=1S/C16H18ClFN2OS/c17-14-9-12(18)1-2-13(14)15(21)10-20-6-3-11(4-7-20)16-19-5-8-22-16/h1-2,5,8-9,11,15,21H,3-4,6-7,10H2. The van der Waals surface area contributed by atoms with E-state index in [1.807, 2.05) is 11.6 Å². The molecule has 6 heteroatoms. The van der Waals surface area contributed by atoms with E-state index in [4.69, 9.17) is 11.6 Å². The highest BCUT2D eigenvalue weighted by molar-refractivity contribution is 7.09. The Balaban J connectivity index is 1.56. The molecule has 118 valence electrons. The van der Waals surface area contributed by atoms with E-state index < -0.39 is 6.10 Å². The van der Waals surface area contributed by atoms with Gasteiger partial charge in [-0.2, -0.15) is 0 Å². The number of aliphatic hydroxyl groups is 1. The summed E-state index contributed by atoms with van der Waals surface area (Å²) in [7, 11) is 0. The molecule has 0 amide bonds. The highest BCUT2D eigenvalue weighted by Gasteiger charge is 2.24. The third-order valence-electron chi connectivity index (χ3n) is 4.14. The molecule has 3 nitrogen and oxygen atoms in total. The lowest BCUT2D eigenvalue weighted by Gasteiger charge is -2.32. The molecule has 1 saturated heterocycles. The third kappa shape index (κ3) is 3.66. The molecular weight excluding hydrogens is 323 g/mol. The maximum absolute atomic E-state index is 13.1. The molecule has 22 heavy (non-hydrogen) atoms. The van der Waals surface area contributed by atoms with Crippen molar-refractivity contribution in [2.45, 2.75) is 24.9 Å². The molecule has 0 bridgehead atoms. The monoisotopic (exact) mass is 340 g/mol. The Labute approximate surface area is 138 Å². The number of nitrogens with zero attached hydrogens (tertiary/aromatic N) is 2. The Morgan fingerprint density at radius 1 is 1.41 bits per heavy atom. The first kappa shape index (κ1) is 15.9. The van der Waals surface area contributed by atoms with E-state index in [0.29, 0.717) is 18.0 Å². The van der Waals surface area contributed by atoms with Crippen LogP contribution in [-0.4, -0.2) is 34.6 Å². The van der Waals surface area contributed by atoms with Gasteiger partial charge in [-0.3, -0.25) is 0 Å². The van der Waals surface area contributed by atoms with Crippen molar-refractivity contribution in [3.8, 4) is 0 Å². The lowest BCUT2D eigenvalue weighted by atomic mass is 9.97. The fraction of sp³-hybridized carbons (Fsp3) is 0.438. The van der Waals surface area contributed by atoms with Crippen LogP contribution >= 0.6 is 22.9 Å². The van der Waals surface area contributed by atoms with Crippen molar-refractivity contribution in [2.75, 3.05) is 19.6 Å². The van der Waals surface area contributed by atoms with Crippen LogP contribution in [0.15, 0.2) is 29.8 Å². The van der Waals surface area contributed by atoms with Gasteiger partial charge in [0.15, 0.2) is 0 Å². The van der Waals surface area contributed by atoms with Crippen LogP contribution in [0.3, 0.4) is 0 Å². The predicted molar refractivity (Wildman–Crippen MR) is 86.9 cm³/mol. The first-order valence-electron chi connectivity index (χ1n) is 7.38. The van der Waals surface area contributed by atoms with Gasteiger partial charge >= 0.3 is 0 Å². The average molecular weight is 341 g/mol. The zero-order chi connectivity index (χ0) is 15.5. The zero-order valence-electron chi connectivity index (χ0n) is 12.1. The summed E-state index contributed by atoms with van der Waals surface area (Å²) in [4.78, 5) is 6.62. The van der Waals surface area contributed by atoms with Gasteiger partial charge in [0.05, 0.1) is 11.1 Å². The van der Waals surface area contributed by atoms with Crippen molar-refractivity contribution in [3.63, 3.8) is 0 Å². The van der Waals surface area contributed by atoms with Crippen LogP contribution < -0.4 is 0 Å². The highest BCUT2D eigenvalue weighted by atomic mass is 35.5. The van der Waals surface area contributed by atoms with E-state index in [1.165, 1.54) is 17.1 Å². The summed E-state index contributed by atoms with van der Waals surface area (Å²) in [6.45, 7) is 2.39. The molecule has 1 aromatic carbocycles. The smallest absolute Gasteiger partial charge is 0.124 e. The quantitative estimate of drug-likeness (QED) is 0.918. The lowest BCUT2D eigenvalue weighted by Crippen LogP contribution is -2.36. The van der Waals surface area contributed by atoms with Crippen LogP contribution in [0.4, 0.5) is 4.39 Å². The van der Waals surface area contributed by atoms with E-state index >= 15 is 0 Å². The van der Waals surface area contributed by atoms with Crippen LogP contribution in [0.25, 0.3) is 0 Å². The van der Waals surface area contributed by atoms with Crippen LogP contribution in [0.2, 0.25) is 5.02 Å². The molecule has 0 spiro atoms. The van der Waals surface area contributed by atoms with Crippen LogP contribution in [0.5, 0.6) is 0 Å². The Bertz CT molecular complexity index is 615. The molecule has 0 saturated carbocycles. The van der Waals surface area contributed by atoms with E-state index in [2.05, 4.69) is 9.88 Å². The molecule has 2 heterocycles. The molecule has 1 aliphatic rings. The molecule has 1 unspecified atom stereocenters. The number of likely N-dealkylation sites (tertiary alicyclic amines) is 1. The Morgan fingerprint density at radius 3 is 2.82 bits per heavy atom. The second-order valence-corrected chi connectivity index (χ2v) is 6.96. The summed E-state index contributed by atoms with van der Waals surface area (Å²) in [6, 6.07) is 4.14. The number of hydrogen-bond acceptors (Lipinski definition) is 4. The second-order valence-electron chi connectivity index (χ2n) is 5.63. The number of thiazole rings is 1. The van der Waals surface area contributed by atoms with E-state index in [1.54, 1.807) is 17.4 Å². The van der Waals surface area contributed by atoms with Gasteiger partial charge in [0.2, 0.25) is 0 Å². The maximum atomic E-state index is 13.1. The molecule has 0 radical (unpaired) electrons. The van der Waals surface area contributed by atoms with E-state index in [-0.39, 0.29) is 10.8 Å². The molecule has 1 fully saturated rings. The molecule has 1 N–H and O–H groups in total. The highest BCUT2D eigenvalue weighted by Crippen LogP contribution is 2.31. The molecule has 1 aliphatic heterocycles. The fourth-order valence-electron chi connectivity index (χ4n) is 2.91. The summed E-state index contributed by atoms with van der Waals surface area (Å²) >= 11 is 7.72. The number of aliphatic hydroxyl groups excluding tert-OH is 1. The van der Waals surface area contributed by atoms with E-state index in [9.17, 15) is 9.50 Å². The second kappa shape index (κ2) is 7.04. The van der Waals surface area contributed by atoms with Crippen molar-refractivity contribution >= 4 is 22.9 Å². The zero-order valence-corrected chi connectivity index (χ0v) is 13.7. The number of benzene rings is 1. The molecule has 1 atom stereocenters. The molecule has 2 aromatic rings. The maximum Gasteiger partial charge on any atom is 0.124 e. The molecule has 1 aromatic heterocycles. The minimum atomic E-state index is -0.690. The largest absolute Gasteiger partial charge is 0.387 e. The van der Waals surface area contributed by atoms with E-state index in [0.717, 1.165) is 25.9 Å². The Morgan fingerprint density at radius 2 is 2.18 bits per heavy atom. The predicted octanol–water partition coefficient (Wildman–Crippen LogP) is 3.85. The topological polar surface area (TPSA) is 36.4 Å². The first-order valence-corrected chi connectivity index (χ1v) is 8.64. The van der Waals surface area contributed by atoms with Gasteiger partial charge in [0, 0.05) is 34.6 Å². The minimum Gasteiger partial charge on any atom is -0.387 e. The first-order chi connectivity index (χ1) is 10.6. The van der Waals surface area contributed by atoms with Crippen LogP contribution in [0, 0.1) is 5.82 Å². The minimum absolute atomic E-state index is 0.283.